The van der Waals surface area contributed by atoms with E-state index in [1.54, 1.807) is 24.3 Å². The highest BCUT2D eigenvalue weighted by Crippen LogP contribution is 2.15. The van der Waals surface area contributed by atoms with Gasteiger partial charge in [-0.3, -0.25) is 14.9 Å². The van der Waals surface area contributed by atoms with Gasteiger partial charge in [0.25, 0.3) is 5.69 Å². The molecule has 0 aliphatic carbocycles. The van der Waals surface area contributed by atoms with Crippen LogP contribution in [0.3, 0.4) is 0 Å². The van der Waals surface area contributed by atoms with Gasteiger partial charge in [-0.2, -0.15) is 0 Å². The molecule has 1 saturated heterocycles. The summed E-state index contributed by atoms with van der Waals surface area (Å²) < 4.78 is 4.47. The molecule has 1 aliphatic rings. The highest BCUT2D eigenvalue weighted by Gasteiger charge is 2.36. The van der Waals surface area contributed by atoms with E-state index in [1.807, 2.05) is 6.07 Å². The molecule has 4 N–H and O–H groups in total. The maximum Gasteiger partial charge on any atom is 0.269 e. The molecular weight excluding hydrogens is 358 g/mol. The van der Waals surface area contributed by atoms with E-state index in [1.165, 1.54) is 24.3 Å². The number of nitro groups is 1. The molecule has 9 nitrogen and oxygen atoms in total. The molecule has 9 heteroatoms. The maximum absolute atomic E-state index is 12.0. The number of benzene rings is 2. The van der Waals surface area contributed by atoms with Gasteiger partial charge in [0.05, 0.1) is 11.5 Å². The van der Waals surface area contributed by atoms with Gasteiger partial charge in [0, 0.05) is 23.3 Å². The predicted octanol–water partition coefficient (Wildman–Crippen LogP) is 0.243. The van der Waals surface area contributed by atoms with Gasteiger partial charge in [0.15, 0.2) is 12.1 Å². The summed E-state index contributed by atoms with van der Waals surface area (Å²) in [6, 6.07) is 14.4. The second-order valence-corrected chi connectivity index (χ2v) is 5.77. The number of hydrogen-bond acceptors (Lipinski definition) is 8. The molecule has 2 aromatic rings. The number of hydrogen-bond donors (Lipinski definition) is 4. The smallest absolute Gasteiger partial charge is 0.269 e. The molecular formula is C18H19NO8. The topological polar surface area (TPSA) is 150 Å². The van der Waals surface area contributed by atoms with E-state index in [-0.39, 0.29) is 18.1 Å². The Labute approximate surface area is 154 Å². The minimum absolute atomic E-state index is 0.0189. The van der Waals surface area contributed by atoms with Crippen molar-refractivity contribution in [1.82, 2.24) is 0 Å². The molecule has 144 valence electrons. The van der Waals surface area contributed by atoms with Crippen LogP contribution >= 0.6 is 0 Å². The van der Waals surface area contributed by atoms with Gasteiger partial charge in [-0.15, -0.1) is 0 Å². The van der Waals surface area contributed by atoms with Crippen LogP contribution in [-0.2, 0) is 4.74 Å². The Kier molecular flexibility index (Phi) is 7.11. The zero-order chi connectivity index (χ0) is 20.0. The fourth-order valence-corrected chi connectivity index (χ4v) is 2.28. The fraction of sp³-hybridized carbons (Fsp3) is 0.278. The molecule has 0 bridgehead atoms. The third kappa shape index (κ3) is 5.39. The van der Waals surface area contributed by atoms with Crippen molar-refractivity contribution in [2.24, 2.45) is 0 Å². The molecule has 1 fully saturated rings. The lowest BCUT2D eigenvalue weighted by Gasteiger charge is -2.31. The minimum atomic E-state index is -1.41. The summed E-state index contributed by atoms with van der Waals surface area (Å²) in [5.74, 6) is -0.138. The number of nitro benzene ring substituents is 1. The minimum Gasteiger partial charge on any atom is -0.388 e. The lowest BCUT2D eigenvalue weighted by atomic mass is 10.0. The molecule has 0 spiro atoms. The number of aliphatic hydroxyl groups excluding tert-OH is 4. The van der Waals surface area contributed by atoms with Crippen molar-refractivity contribution in [3.05, 3.63) is 75.8 Å². The molecule has 1 unspecified atom stereocenters. The monoisotopic (exact) mass is 377 g/mol. The highest BCUT2D eigenvalue weighted by atomic mass is 16.6. The number of carbonyl (C=O) groups excluding carboxylic acids is 1. The number of rotatable bonds is 3. The maximum atomic E-state index is 12.0. The van der Waals surface area contributed by atoms with Gasteiger partial charge in [-0.1, -0.05) is 30.3 Å². The Balaban J connectivity index is 0.000000223. The zero-order valence-electron chi connectivity index (χ0n) is 14.1. The van der Waals surface area contributed by atoms with Gasteiger partial charge in [0.1, 0.15) is 18.3 Å². The molecule has 1 heterocycles. The first-order valence-electron chi connectivity index (χ1n) is 7.99. The number of non-ortho nitro benzene ring substituents is 1. The van der Waals surface area contributed by atoms with E-state index in [0.717, 1.165) is 0 Å². The van der Waals surface area contributed by atoms with E-state index in [0.29, 0.717) is 11.1 Å². The standard InChI is InChI=1S/C13H9NO3.C5H10O5/c15-13(10-4-2-1-3-5-10)11-6-8-12(9-7-11)14(16)17;6-2-1-10-5(9)4(8)3(2)7/h1-9H;2-9H,1H2/t;2-,3+,4-,5?/m.1/s1. The number of nitrogens with zero attached hydrogens (tertiary/aromatic N) is 1. The van der Waals surface area contributed by atoms with Gasteiger partial charge < -0.3 is 25.2 Å². The summed E-state index contributed by atoms with van der Waals surface area (Å²) in [5.41, 5.74) is 0.998. The molecule has 2 aromatic carbocycles. The summed E-state index contributed by atoms with van der Waals surface area (Å²) in [7, 11) is 0. The summed E-state index contributed by atoms with van der Waals surface area (Å²) in [6.07, 6.45) is -5.23. The van der Waals surface area contributed by atoms with Crippen LogP contribution in [-0.4, -0.2) is 62.3 Å². The first-order chi connectivity index (χ1) is 12.8. The van der Waals surface area contributed by atoms with Crippen LogP contribution < -0.4 is 0 Å². The van der Waals surface area contributed by atoms with Crippen LogP contribution in [0.15, 0.2) is 54.6 Å². The SMILES string of the molecule is O=C(c1ccccc1)c1ccc([N+](=O)[O-])cc1.OC1OC[C@@H](O)[C@H](O)[C@H]1O. The summed E-state index contributed by atoms with van der Waals surface area (Å²) in [6.45, 7) is -0.153. The third-order valence-corrected chi connectivity index (χ3v) is 3.85. The Bertz CT molecular complexity index is 751. The van der Waals surface area contributed by atoms with Crippen molar-refractivity contribution in [2.45, 2.75) is 24.6 Å². The second-order valence-electron chi connectivity index (χ2n) is 5.77. The molecule has 27 heavy (non-hydrogen) atoms. The zero-order valence-corrected chi connectivity index (χ0v) is 14.1. The first-order valence-corrected chi connectivity index (χ1v) is 7.99. The second kappa shape index (κ2) is 9.31. The van der Waals surface area contributed by atoms with Crippen LogP contribution in [0.5, 0.6) is 0 Å². The number of carbonyl (C=O) groups is 1. The average molecular weight is 377 g/mol. The van der Waals surface area contributed by atoms with Gasteiger partial charge in [-0.25, -0.2) is 0 Å². The Morgan fingerprint density at radius 3 is 2.00 bits per heavy atom. The van der Waals surface area contributed by atoms with Gasteiger partial charge in [0.2, 0.25) is 0 Å². The average Bonchev–Trinajstić information content (AvgIpc) is 2.70. The fourth-order valence-electron chi connectivity index (χ4n) is 2.28. The van der Waals surface area contributed by atoms with Crippen molar-refractivity contribution in [3.8, 4) is 0 Å². The van der Waals surface area contributed by atoms with Crippen molar-refractivity contribution < 1.29 is 34.9 Å². The molecule has 3 rings (SSSR count). The van der Waals surface area contributed by atoms with Gasteiger partial charge in [-0.05, 0) is 12.1 Å². The van der Waals surface area contributed by atoms with Crippen LogP contribution in [0.2, 0.25) is 0 Å². The summed E-state index contributed by atoms with van der Waals surface area (Å²) in [5, 5.41) is 45.7. The molecule has 0 amide bonds. The van der Waals surface area contributed by atoms with Crippen LogP contribution in [0.1, 0.15) is 15.9 Å². The van der Waals surface area contributed by atoms with Gasteiger partial charge >= 0.3 is 0 Å². The predicted molar refractivity (Wildman–Crippen MR) is 93.0 cm³/mol. The summed E-state index contributed by atoms with van der Waals surface area (Å²) >= 11 is 0. The summed E-state index contributed by atoms with van der Waals surface area (Å²) in [4.78, 5) is 21.9. The number of ether oxygens (including phenoxy) is 1. The van der Waals surface area contributed by atoms with E-state index >= 15 is 0 Å². The normalized spacial score (nSPS) is 24.4. The Morgan fingerprint density at radius 2 is 1.48 bits per heavy atom. The number of aliphatic hydroxyl groups is 4. The molecule has 1 aliphatic heterocycles. The Hall–Kier alpha value is -2.69. The van der Waals surface area contributed by atoms with E-state index in [4.69, 9.17) is 20.4 Å². The van der Waals surface area contributed by atoms with Crippen LogP contribution in [0.25, 0.3) is 0 Å². The molecule has 0 saturated carbocycles. The van der Waals surface area contributed by atoms with E-state index in [2.05, 4.69) is 4.74 Å². The third-order valence-electron chi connectivity index (χ3n) is 3.85. The quantitative estimate of drug-likeness (QED) is 0.337. The van der Waals surface area contributed by atoms with Crippen molar-refractivity contribution in [3.63, 3.8) is 0 Å². The molecule has 4 atom stereocenters. The van der Waals surface area contributed by atoms with Crippen molar-refractivity contribution in [2.75, 3.05) is 6.61 Å². The first kappa shape index (κ1) is 20.6. The Morgan fingerprint density at radius 1 is 0.926 bits per heavy atom. The van der Waals surface area contributed by atoms with E-state index < -0.39 is 29.5 Å². The highest BCUT2D eigenvalue weighted by molar-refractivity contribution is 6.09. The van der Waals surface area contributed by atoms with Crippen LogP contribution in [0.4, 0.5) is 5.69 Å². The number of ketones is 1. The van der Waals surface area contributed by atoms with Crippen molar-refractivity contribution >= 4 is 11.5 Å². The largest absolute Gasteiger partial charge is 0.388 e. The lowest BCUT2D eigenvalue weighted by molar-refractivity contribution is -0.384. The molecule has 0 aromatic heterocycles. The lowest BCUT2D eigenvalue weighted by Crippen LogP contribution is -2.52. The van der Waals surface area contributed by atoms with Crippen molar-refractivity contribution in [1.29, 1.82) is 0 Å². The van der Waals surface area contributed by atoms with Crippen LogP contribution in [0, 0.1) is 10.1 Å². The van der Waals surface area contributed by atoms with E-state index in [9.17, 15) is 14.9 Å². The molecule has 0 radical (unpaired) electrons.